The first-order chi connectivity index (χ1) is 10.1. The van der Waals surface area contributed by atoms with Crippen molar-refractivity contribution in [2.45, 2.75) is 90.6 Å². The van der Waals surface area contributed by atoms with Gasteiger partial charge < -0.3 is 5.11 Å². The number of thiophene rings is 1. The highest BCUT2D eigenvalue weighted by Crippen LogP contribution is 2.33. The average molecular weight is 375 g/mol. The van der Waals surface area contributed by atoms with Crippen LogP contribution in [0.25, 0.3) is 0 Å². The van der Waals surface area contributed by atoms with E-state index in [1.807, 2.05) is 0 Å². The minimum Gasteiger partial charge on any atom is -0.388 e. The number of halogens is 1. The molecule has 0 aromatic carbocycles. The van der Waals surface area contributed by atoms with Crippen molar-refractivity contribution >= 4 is 27.3 Å². The monoisotopic (exact) mass is 374 g/mol. The van der Waals surface area contributed by atoms with Gasteiger partial charge >= 0.3 is 0 Å². The number of aliphatic hydroxyl groups is 1. The summed E-state index contributed by atoms with van der Waals surface area (Å²) in [6.07, 6.45) is 14.1. The van der Waals surface area contributed by atoms with Crippen LogP contribution >= 0.6 is 27.3 Å². The fourth-order valence-electron chi connectivity index (χ4n) is 2.62. The summed E-state index contributed by atoms with van der Waals surface area (Å²) < 4.78 is 1.15. The van der Waals surface area contributed by atoms with Gasteiger partial charge in [0, 0.05) is 4.88 Å². The Bertz CT molecular complexity index is 356. The largest absolute Gasteiger partial charge is 0.388 e. The normalized spacial score (nSPS) is 12.8. The van der Waals surface area contributed by atoms with Crippen LogP contribution in [0.5, 0.6) is 0 Å². The molecule has 0 spiro atoms. The molecule has 0 aliphatic carbocycles. The maximum Gasteiger partial charge on any atom is 0.0882 e. The molecule has 1 unspecified atom stereocenters. The molecule has 1 aromatic rings. The summed E-state index contributed by atoms with van der Waals surface area (Å²) in [7, 11) is 0. The zero-order valence-corrected chi connectivity index (χ0v) is 16.1. The van der Waals surface area contributed by atoms with Crippen LogP contribution in [0, 0.1) is 6.92 Å². The van der Waals surface area contributed by atoms with E-state index in [4.69, 9.17) is 0 Å². The Morgan fingerprint density at radius 2 is 1.52 bits per heavy atom. The van der Waals surface area contributed by atoms with Crippen LogP contribution in [-0.2, 0) is 0 Å². The van der Waals surface area contributed by atoms with Crippen LogP contribution in [0.2, 0.25) is 0 Å². The van der Waals surface area contributed by atoms with Gasteiger partial charge in [0.15, 0.2) is 0 Å². The summed E-state index contributed by atoms with van der Waals surface area (Å²) in [6, 6.07) is 2.11. The van der Waals surface area contributed by atoms with E-state index in [-0.39, 0.29) is 6.10 Å². The Balaban J connectivity index is 1.96. The van der Waals surface area contributed by atoms with E-state index in [1.54, 1.807) is 11.3 Å². The predicted molar refractivity (Wildman–Crippen MR) is 98.2 cm³/mol. The van der Waals surface area contributed by atoms with Crippen molar-refractivity contribution in [2.24, 2.45) is 0 Å². The molecular formula is C18H31BrOS. The number of aryl methyl sites for hydroxylation is 1. The summed E-state index contributed by atoms with van der Waals surface area (Å²) in [5, 5.41) is 10.2. The van der Waals surface area contributed by atoms with E-state index in [0.717, 1.165) is 21.5 Å². The first-order valence-corrected chi connectivity index (χ1v) is 10.2. The molecule has 0 aliphatic rings. The molecule has 1 atom stereocenters. The number of aliphatic hydroxyl groups excluding tert-OH is 1. The molecule has 0 amide bonds. The van der Waals surface area contributed by atoms with Gasteiger partial charge in [-0.05, 0) is 40.9 Å². The van der Waals surface area contributed by atoms with Gasteiger partial charge in [-0.2, -0.15) is 0 Å². The van der Waals surface area contributed by atoms with Gasteiger partial charge in [-0.15, -0.1) is 11.3 Å². The Kier molecular flexibility index (Phi) is 10.7. The maximum atomic E-state index is 10.2. The Morgan fingerprint density at radius 1 is 1.00 bits per heavy atom. The molecule has 1 aromatic heterocycles. The third-order valence-corrected chi connectivity index (χ3v) is 6.27. The van der Waals surface area contributed by atoms with E-state index in [0.29, 0.717) is 0 Å². The second-order valence-electron chi connectivity index (χ2n) is 6.09. The second-order valence-corrected chi connectivity index (χ2v) is 8.49. The van der Waals surface area contributed by atoms with Gasteiger partial charge in [0.05, 0.1) is 9.89 Å². The number of hydrogen-bond acceptors (Lipinski definition) is 2. The number of unbranched alkanes of at least 4 members (excludes halogenated alkanes) is 9. The summed E-state index contributed by atoms with van der Waals surface area (Å²) in [5.41, 5.74) is 1.23. The van der Waals surface area contributed by atoms with Crippen molar-refractivity contribution in [1.82, 2.24) is 0 Å². The highest BCUT2D eigenvalue weighted by Gasteiger charge is 2.11. The zero-order valence-electron chi connectivity index (χ0n) is 13.7. The van der Waals surface area contributed by atoms with Gasteiger partial charge in [-0.3, -0.25) is 0 Å². The van der Waals surface area contributed by atoms with Crippen molar-refractivity contribution < 1.29 is 5.11 Å². The molecule has 0 aliphatic heterocycles. The van der Waals surface area contributed by atoms with E-state index in [2.05, 4.69) is 35.8 Å². The molecule has 1 nitrogen and oxygen atoms in total. The lowest BCUT2D eigenvalue weighted by Gasteiger charge is -2.08. The fraction of sp³-hybridized carbons (Fsp3) is 0.778. The number of hydrogen-bond donors (Lipinski definition) is 1. The molecule has 0 bridgehead atoms. The van der Waals surface area contributed by atoms with Gasteiger partial charge in [-0.25, -0.2) is 0 Å². The lowest BCUT2D eigenvalue weighted by molar-refractivity contribution is 0.167. The molecule has 0 fully saturated rings. The third kappa shape index (κ3) is 8.37. The molecule has 0 saturated heterocycles. The van der Waals surface area contributed by atoms with Crippen molar-refractivity contribution in [1.29, 1.82) is 0 Å². The molecule has 0 radical (unpaired) electrons. The molecule has 122 valence electrons. The molecule has 21 heavy (non-hydrogen) atoms. The van der Waals surface area contributed by atoms with Gasteiger partial charge in [0.2, 0.25) is 0 Å². The fourth-order valence-corrected chi connectivity index (χ4v) is 4.21. The van der Waals surface area contributed by atoms with Gasteiger partial charge in [0.1, 0.15) is 0 Å². The smallest absolute Gasteiger partial charge is 0.0882 e. The highest BCUT2D eigenvalue weighted by molar-refractivity contribution is 9.11. The molecule has 1 rings (SSSR count). The Morgan fingerprint density at radius 3 is 2.00 bits per heavy atom. The van der Waals surface area contributed by atoms with Crippen LogP contribution in [0.4, 0.5) is 0 Å². The Labute approximate surface area is 143 Å². The molecule has 3 heteroatoms. The SMILES string of the molecule is CCCCCCCCCCCCC(O)c1cc(C)c(Br)s1. The summed E-state index contributed by atoms with van der Waals surface area (Å²) in [6.45, 7) is 4.35. The summed E-state index contributed by atoms with van der Waals surface area (Å²) in [4.78, 5) is 1.11. The van der Waals surface area contributed by atoms with Gasteiger partial charge in [0.25, 0.3) is 0 Å². The molecule has 1 N–H and O–H groups in total. The van der Waals surface area contributed by atoms with Crippen LogP contribution in [0.1, 0.15) is 94.1 Å². The summed E-state index contributed by atoms with van der Waals surface area (Å²) in [5.74, 6) is 0. The van der Waals surface area contributed by atoms with E-state index in [9.17, 15) is 5.11 Å². The molecule has 1 heterocycles. The summed E-state index contributed by atoms with van der Waals surface area (Å²) >= 11 is 5.19. The third-order valence-electron chi connectivity index (χ3n) is 4.04. The zero-order chi connectivity index (χ0) is 15.5. The van der Waals surface area contributed by atoms with Gasteiger partial charge in [-0.1, -0.05) is 71.1 Å². The maximum absolute atomic E-state index is 10.2. The van der Waals surface area contributed by atoms with E-state index < -0.39 is 0 Å². The van der Waals surface area contributed by atoms with Crippen LogP contribution in [0.3, 0.4) is 0 Å². The first-order valence-electron chi connectivity index (χ1n) is 8.59. The van der Waals surface area contributed by atoms with Crippen LogP contribution < -0.4 is 0 Å². The van der Waals surface area contributed by atoms with Crippen LogP contribution in [0.15, 0.2) is 9.85 Å². The average Bonchev–Trinajstić information content (AvgIpc) is 2.80. The predicted octanol–water partition coefficient (Wildman–Crippen LogP) is 7.16. The van der Waals surface area contributed by atoms with Crippen molar-refractivity contribution in [3.63, 3.8) is 0 Å². The minimum atomic E-state index is -0.269. The molecular weight excluding hydrogens is 344 g/mol. The lowest BCUT2D eigenvalue weighted by Crippen LogP contribution is -1.94. The van der Waals surface area contributed by atoms with Crippen molar-refractivity contribution in [2.75, 3.05) is 0 Å². The van der Waals surface area contributed by atoms with Crippen molar-refractivity contribution in [3.05, 3.63) is 20.3 Å². The lowest BCUT2D eigenvalue weighted by atomic mass is 10.0. The quantitative estimate of drug-likeness (QED) is 0.384. The first kappa shape index (κ1) is 19.2. The topological polar surface area (TPSA) is 20.2 Å². The number of rotatable bonds is 12. The Hall–Kier alpha value is 0.140. The van der Waals surface area contributed by atoms with Crippen molar-refractivity contribution in [3.8, 4) is 0 Å². The molecule has 0 saturated carbocycles. The highest BCUT2D eigenvalue weighted by atomic mass is 79.9. The second kappa shape index (κ2) is 11.7. The minimum absolute atomic E-state index is 0.269. The van der Waals surface area contributed by atoms with E-state index >= 15 is 0 Å². The van der Waals surface area contributed by atoms with E-state index in [1.165, 1.54) is 63.4 Å². The van der Waals surface area contributed by atoms with Crippen LogP contribution in [-0.4, -0.2) is 5.11 Å². The standard InChI is InChI=1S/C18H31BrOS/c1-3-4-5-6-7-8-9-10-11-12-13-16(20)17-14-15(2)18(19)21-17/h14,16,20H,3-13H2,1-2H3.